The second-order valence-corrected chi connectivity index (χ2v) is 5.06. The number of hydrogen-bond acceptors (Lipinski definition) is 5. The van der Waals surface area contributed by atoms with Crippen molar-refractivity contribution in [1.29, 1.82) is 0 Å². The van der Waals surface area contributed by atoms with Crippen LogP contribution in [0.15, 0.2) is 24.5 Å². The van der Waals surface area contributed by atoms with Gasteiger partial charge in [0.25, 0.3) is 0 Å². The topological polar surface area (TPSA) is 73.1 Å². The summed E-state index contributed by atoms with van der Waals surface area (Å²) < 4.78 is 5.43. The lowest BCUT2D eigenvalue weighted by Crippen LogP contribution is -2.26. The summed E-state index contributed by atoms with van der Waals surface area (Å²) in [7, 11) is 0. The van der Waals surface area contributed by atoms with Crippen molar-refractivity contribution in [2.24, 2.45) is 5.92 Å². The van der Waals surface area contributed by atoms with E-state index in [0.29, 0.717) is 12.0 Å². The van der Waals surface area contributed by atoms with Gasteiger partial charge < -0.3 is 15.8 Å². The normalized spacial score (nSPS) is 20.6. The van der Waals surface area contributed by atoms with Gasteiger partial charge in [-0.25, -0.2) is 9.97 Å². The third kappa shape index (κ3) is 2.46. The van der Waals surface area contributed by atoms with Crippen LogP contribution in [-0.4, -0.2) is 29.2 Å². The number of fused-ring (bicyclic) bond motifs is 1. The SMILES string of the molecule is CC(Nc1ncnc2cc(N)ccc12)C1CCOC1. The van der Waals surface area contributed by atoms with Gasteiger partial charge in [0, 0.05) is 29.6 Å². The lowest BCUT2D eigenvalue weighted by molar-refractivity contribution is 0.183. The Morgan fingerprint density at radius 1 is 1.42 bits per heavy atom. The molecule has 3 rings (SSSR count). The first-order chi connectivity index (χ1) is 9.24. The summed E-state index contributed by atoms with van der Waals surface area (Å²) in [5.74, 6) is 1.41. The molecule has 5 heteroatoms. The summed E-state index contributed by atoms with van der Waals surface area (Å²) in [6, 6.07) is 6.04. The van der Waals surface area contributed by atoms with E-state index in [1.807, 2.05) is 18.2 Å². The van der Waals surface area contributed by atoms with E-state index in [1.165, 1.54) is 0 Å². The molecule has 2 atom stereocenters. The summed E-state index contributed by atoms with van der Waals surface area (Å²) in [4.78, 5) is 8.60. The van der Waals surface area contributed by atoms with Gasteiger partial charge in [-0.3, -0.25) is 0 Å². The highest BCUT2D eigenvalue weighted by Crippen LogP contribution is 2.24. The smallest absolute Gasteiger partial charge is 0.137 e. The molecule has 3 N–H and O–H groups in total. The van der Waals surface area contributed by atoms with Crippen LogP contribution in [0.5, 0.6) is 0 Å². The van der Waals surface area contributed by atoms with Gasteiger partial charge in [-0.1, -0.05) is 0 Å². The second-order valence-electron chi connectivity index (χ2n) is 5.06. The van der Waals surface area contributed by atoms with Crippen LogP contribution in [0.3, 0.4) is 0 Å². The molecule has 1 aliphatic rings. The molecule has 0 aliphatic carbocycles. The van der Waals surface area contributed by atoms with Crippen LogP contribution in [0, 0.1) is 5.92 Å². The zero-order chi connectivity index (χ0) is 13.2. The number of aromatic nitrogens is 2. The minimum Gasteiger partial charge on any atom is -0.399 e. The van der Waals surface area contributed by atoms with E-state index >= 15 is 0 Å². The van der Waals surface area contributed by atoms with E-state index in [0.717, 1.165) is 42.0 Å². The summed E-state index contributed by atoms with van der Waals surface area (Å²) in [6.07, 6.45) is 2.67. The molecule has 100 valence electrons. The Kier molecular flexibility index (Phi) is 3.21. The number of benzene rings is 1. The van der Waals surface area contributed by atoms with Gasteiger partial charge in [0.1, 0.15) is 12.1 Å². The van der Waals surface area contributed by atoms with Gasteiger partial charge in [-0.2, -0.15) is 0 Å². The molecule has 1 aliphatic heterocycles. The minimum absolute atomic E-state index is 0.332. The number of anilines is 2. The zero-order valence-corrected chi connectivity index (χ0v) is 11.0. The Morgan fingerprint density at radius 3 is 3.11 bits per heavy atom. The van der Waals surface area contributed by atoms with Crippen LogP contribution in [0.25, 0.3) is 10.9 Å². The summed E-state index contributed by atoms with van der Waals surface area (Å²) in [5.41, 5.74) is 7.36. The number of nitrogens with one attached hydrogen (secondary N) is 1. The molecular formula is C14H18N4O. The zero-order valence-electron chi connectivity index (χ0n) is 11.0. The lowest BCUT2D eigenvalue weighted by Gasteiger charge is -2.20. The minimum atomic E-state index is 0.332. The highest BCUT2D eigenvalue weighted by Gasteiger charge is 2.22. The second kappa shape index (κ2) is 5.01. The number of nitrogens with two attached hydrogens (primary N) is 1. The van der Waals surface area contributed by atoms with Crippen LogP contribution in [0.4, 0.5) is 11.5 Å². The van der Waals surface area contributed by atoms with E-state index in [9.17, 15) is 0 Å². The molecular weight excluding hydrogens is 240 g/mol. The molecule has 1 aromatic heterocycles. The number of nitrogens with zero attached hydrogens (tertiary/aromatic N) is 2. The van der Waals surface area contributed by atoms with Crippen molar-refractivity contribution in [1.82, 2.24) is 9.97 Å². The first-order valence-electron chi connectivity index (χ1n) is 6.58. The van der Waals surface area contributed by atoms with Gasteiger partial charge in [0.15, 0.2) is 0 Å². The molecule has 1 aromatic carbocycles. The maximum absolute atomic E-state index is 5.78. The van der Waals surface area contributed by atoms with Gasteiger partial charge in [0.05, 0.1) is 12.1 Å². The quantitative estimate of drug-likeness (QED) is 0.824. The van der Waals surface area contributed by atoms with Crippen LogP contribution >= 0.6 is 0 Å². The third-order valence-electron chi connectivity index (χ3n) is 3.70. The predicted molar refractivity (Wildman–Crippen MR) is 76.0 cm³/mol. The molecule has 2 heterocycles. The average molecular weight is 258 g/mol. The fourth-order valence-corrected chi connectivity index (χ4v) is 2.47. The predicted octanol–water partition coefficient (Wildman–Crippen LogP) is 2.05. The van der Waals surface area contributed by atoms with Gasteiger partial charge in [-0.05, 0) is 31.5 Å². The number of rotatable bonds is 3. The third-order valence-corrected chi connectivity index (χ3v) is 3.70. The fraction of sp³-hybridized carbons (Fsp3) is 0.429. The van der Waals surface area contributed by atoms with Crippen LogP contribution in [-0.2, 0) is 4.74 Å². The van der Waals surface area contributed by atoms with Gasteiger partial charge in [-0.15, -0.1) is 0 Å². The molecule has 2 unspecified atom stereocenters. The molecule has 0 amide bonds. The van der Waals surface area contributed by atoms with E-state index in [1.54, 1.807) is 6.33 Å². The van der Waals surface area contributed by atoms with Crippen molar-refractivity contribution in [3.63, 3.8) is 0 Å². The highest BCUT2D eigenvalue weighted by molar-refractivity contribution is 5.90. The van der Waals surface area contributed by atoms with E-state index in [4.69, 9.17) is 10.5 Å². The molecule has 0 bridgehead atoms. The van der Waals surface area contributed by atoms with Crippen molar-refractivity contribution in [3.05, 3.63) is 24.5 Å². The van der Waals surface area contributed by atoms with Crippen molar-refractivity contribution >= 4 is 22.4 Å². The lowest BCUT2D eigenvalue weighted by atomic mass is 10.0. The summed E-state index contributed by atoms with van der Waals surface area (Å²) in [5, 5.41) is 4.48. The first-order valence-corrected chi connectivity index (χ1v) is 6.58. The standard InChI is InChI=1S/C14H18N4O/c1-9(10-4-5-19-7-10)18-14-12-3-2-11(15)6-13(12)16-8-17-14/h2-3,6,8-10H,4-5,7,15H2,1H3,(H,16,17,18). The van der Waals surface area contributed by atoms with Crippen molar-refractivity contribution in [2.75, 3.05) is 24.3 Å². The Bertz CT molecular complexity index is 581. The molecule has 0 radical (unpaired) electrons. The van der Waals surface area contributed by atoms with Gasteiger partial charge >= 0.3 is 0 Å². The molecule has 0 spiro atoms. The van der Waals surface area contributed by atoms with Gasteiger partial charge in [0.2, 0.25) is 0 Å². The summed E-state index contributed by atoms with van der Waals surface area (Å²) in [6.45, 7) is 3.85. The van der Waals surface area contributed by atoms with E-state index < -0.39 is 0 Å². The Morgan fingerprint density at radius 2 is 2.32 bits per heavy atom. The number of nitrogen functional groups attached to an aromatic ring is 1. The fourth-order valence-electron chi connectivity index (χ4n) is 2.47. The molecule has 5 nitrogen and oxygen atoms in total. The summed E-state index contributed by atoms with van der Waals surface area (Å²) >= 11 is 0. The maximum Gasteiger partial charge on any atom is 0.137 e. The largest absolute Gasteiger partial charge is 0.399 e. The molecule has 1 saturated heterocycles. The molecule has 1 fully saturated rings. The van der Waals surface area contributed by atoms with Crippen molar-refractivity contribution in [2.45, 2.75) is 19.4 Å². The Labute approximate surface area is 112 Å². The van der Waals surface area contributed by atoms with Crippen molar-refractivity contribution in [3.8, 4) is 0 Å². The van der Waals surface area contributed by atoms with E-state index in [2.05, 4.69) is 22.2 Å². The molecule has 2 aromatic rings. The van der Waals surface area contributed by atoms with E-state index in [-0.39, 0.29) is 0 Å². The van der Waals surface area contributed by atoms with Crippen LogP contribution in [0.1, 0.15) is 13.3 Å². The molecule has 19 heavy (non-hydrogen) atoms. The number of ether oxygens (including phenoxy) is 1. The molecule has 0 saturated carbocycles. The number of hydrogen-bond donors (Lipinski definition) is 2. The van der Waals surface area contributed by atoms with Crippen molar-refractivity contribution < 1.29 is 4.74 Å². The monoisotopic (exact) mass is 258 g/mol. The average Bonchev–Trinajstić information content (AvgIpc) is 2.92. The maximum atomic E-state index is 5.78. The van der Waals surface area contributed by atoms with Crippen LogP contribution in [0.2, 0.25) is 0 Å². The highest BCUT2D eigenvalue weighted by atomic mass is 16.5. The Balaban J connectivity index is 1.87. The Hall–Kier alpha value is -1.88. The first kappa shape index (κ1) is 12.2. The van der Waals surface area contributed by atoms with Crippen LogP contribution < -0.4 is 11.1 Å².